The number of benzene rings is 1. The summed E-state index contributed by atoms with van der Waals surface area (Å²) in [5, 5.41) is -0.141. The molecule has 0 aromatic heterocycles. The zero-order chi connectivity index (χ0) is 15.5. The Bertz CT molecular complexity index is 526. The lowest BCUT2D eigenvalue weighted by Crippen LogP contribution is -2.25. The summed E-state index contributed by atoms with van der Waals surface area (Å²) in [5.74, 6) is -3.12. The summed E-state index contributed by atoms with van der Waals surface area (Å²) in [5.41, 5.74) is -1.76. The average Bonchev–Trinajstić information content (AvgIpc) is 2.36. The molecule has 1 atom stereocenters. The number of rotatable bonds is 4. The number of hydrogen-bond donors (Lipinski definition) is 0. The Labute approximate surface area is 118 Å². The average molecular weight is 309 g/mol. The van der Waals surface area contributed by atoms with Gasteiger partial charge in [-0.3, -0.25) is 9.59 Å². The zero-order valence-electron chi connectivity index (χ0n) is 10.8. The minimum Gasteiger partial charge on any atom is -0.465 e. The van der Waals surface area contributed by atoms with Gasteiger partial charge in [0.1, 0.15) is 5.92 Å². The third kappa shape index (κ3) is 3.72. The quantitative estimate of drug-likeness (QED) is 0.483. The van der Waals surface area contributed by atoms with Crippen LogP contribution in [0.15, 0.2) is 18.2 Å². The van der Waals surface area contributed by atoms with Gasteiger partial charge in [-0.2, -0.15) is 13.2 Å². The van der Waals surface area contributed by atoms with Crippen molar-refractivity contribution in [1.82, 2.24) is 0 Å². The van der Waals surface area contributed by atoms with Crippen LogP contribution in [0.25, 0.3) is 0 Å². The number of ether oxygens (including phenoxy) is 1. The number of esters is 1. The van der Waals surface area contributed by atoms with E-state index in [4.69, 9.17) is 11.6 Å². The zero-order valence-corrected chi connectivity index (χ0v) is 11.5. The maximum absolute atomic E-state index is 12.9. The number of Topliss-reactive ketones (excluding diaryl/α,β-unsaturated/α-hetero) is 1. The fourth-order valence-corrected chi connectivity index (χ4v) is 1.75. The molecule has 0 radical (unpaired) electrons. The van der Waals surface area contributed by atoms with Gasteiger partial charge < -0.3 is 4.74 Å². The molecule has 0 aliphatic carbocycles. The summed E-state index contributed by atoms with van der Waals surface area (Å²) in [6.45, 7) is 2.79. The van der Waals surface area contributed by atoms with Crippen molar-refractivity contribution in [3.8, 4) is 0 Å². The van der Waals surface area contributed by atoms with Gasteiger partial charge in [-0.15, -0.1) is 0 Å². The van der Waals surface area contributed by atoms with Gasteiger partial charge in [-0.25, -0.2) is 0 Å². The van der Waals surface area contributed by atoms with Crippen molar-refractivity contribution in [2.75, 3.05) is 6.61 Å². The highest BCUT2D eigenvalue weighted by Crippen LogP contribution is 2.34. The Hall–Kier alpha value is -1.56. The maximum Gasteiger partial charge on any atom is 0.417 e. The fraction of sp³-hybridized carbons (Fsp3) is 0.385. The molecule has 0 spiro atoms. The highest BCUT2D eigenvalue weighted by molar-refractivity contribution is 6.30. The summed E-state index contributed by atoms with van der Waals surface area (Å²) >= 11 is 5.52. The minimum atomic E-state index is -4.73. The molecular weight excluding hydrogens is 297 g/mol. The molecule has 0 amide bonds. The van der Waals surface area contributed by atoms with Gasteiger partial charge in [-0.1, -0.05) is 11.6 Å². The van der Waals surface area contributed by atoms with Crippen LogP contribution in [0.3, 0.4) is 0 Å². The Balaban J connectivity index is 3.20. The lowest BCUT2D eigenvalue weighted by Gasteiger charge is -2.15. The predicted molar refractivity (Wildman–Crippen MR) is 66.6 cm³/mol. The number of carbonyl (C=O) groups excluding carboxylic acids is 2. The van der Waals surface area contributed by atoms with E-state index in [-0.39, 0.29) is 11.6 Å². The molecule has 110 valence electrons. The number of hydrogen-bond acceptors (Lipinski definition) is 3. The van der Waals surface area contributed by atoms with Crippen LogP contribution in [0.4, 0.5) is 13.2 Å². The molecule has 20 heavy (non-hydrogen) atoms. The molecule has 0 fully saturated rings. The highest BCUT2D eigenvalue weighted by atomic mass is 35.5. The number of halogens is 4. The Morgan fingerprint density at radius 3 is 2.45 bits per heavy atom. The van der Waals surface area contributed by atoms with Gasteiger partial charge in [0.2, 0.25) is 0 Å². The van der Waals surface area contributed by atoms with Crippen molar-refractivity contribution in [1.29, 1.82) is 0 Å². The lowest BCUT2D eigenvalue weighted by molar-refractivity contribution is -0.146. The van der Waals surface area contributed by atoms with Crippen LogP contribution >= 0.6 is 11.6 Å². The smallest absolute Gasteiger partial charge is 0.417 e. The first-order valence-corrected chi connectivity index (χ1v) is 6.13. The van der Waals surface area contributed by atoms with E-state index >= 15 is 0 Å². The van der Waals surface area contributed by atoms with E-state index in [1.165, 1.54) is 13.0 Å². The molecule has 1 unspecified atom stereocenters. The van der Waals surface area contributed by atoms with Crippen LogP contribution in [0.1, 0.15) is 29.8 Å². The third-order valence-corrected chi connectivity index (χ3v) is 2.82. The fourth-order valence-electron chi connectivity index (χ4n) is 1.57. The van der Waals surface area contributed by atoms with Gasteiger partial charge in [0, 0.05) is 10.6 Å². The molecule has 7 heteroatoms. The molecule has 1 aromatic carbocycles. The normalized spacial score (nSPS) is 12.9. The van der Waals surface area contributed by atoms with E-state index in [0.717, 1.165) is 6.07 Å². The second kappa shape index (κ2) is 6.26. The van der Waals surface area contributed by atoms with E-state index in [1.807, 2.05) is 0 Å². The summed E-state index contributed by atoms with van der Waals surface area (Å²) < 4.78 is 43.3. The van der Waals surface area contributed by atoms with Crippen LogP contribution in [0.2, 0.25) is 5.02 Å². The summed E-state index contributed by atoms with van der Waals surface area (Å²) in [7, 11) is 0. The van der Waals surface area contributed by atoms with Crippen LogP contribution < -0.4 is 0 Å². The van der Waals surface area contributed by atoms with E-state index < -0.39 is 35.0 Å². The highest BCUT2D eigenvalue weighted by Gasteiger charge is 2.37. The monoisotopic (exact) mass is 308 g/mol. The predicted octanol–water partition coefficient (Wildman–Crippen LogP) is 3.74. The van der Waals surface area contributed by atoms with Crippen molar-refractivity contribution >= 4 is 23.4 Å². The molecule has 0 aliphatic rings. The number of alkyl halides is 3. The Morgan fingerprint density at radius 1 is 1.35 bits per heavy atom. The van der Waals surface area contributed by atoms with E-state index in [0.29, 0.717) is 6.07 Å². The summed E-state index contributed by atoms with van der Waals surface area (Å²) in [4.78, 5) is 23.4. The molecule has 0 saturated carbocycles. The van der Waals surface area contributed by atoms with Crippen molar-refractivity contribution in [3.63, 3.8) is 0 Å². The van der Waals surface area contributed by atoms with Crippen LogP contribution in [0, 0.1) is 5.92 Å². The van der Waals surface area contributed by atoms with Gasteiger partial charge in [0.05, 0.1) is 12.2 Å². The lowest BCUT2D eigenvalue weighted by atomic mass is 9.95. The van der Waals surface area contributed by atoms with Gasteiger partial charge in [-0.05, 0) is 32.0 Å². The van der Waals surface area contributed by atoms with Crippen LogP contribution in [-0.2, 0) is 15.7 Å². The van der Waals surface area contributed by atoms with Crippen molar-refractivity contribution in [3.05, 3.63) is 34.3 Å². The topological polar surface area (TPSA) is 43.4 Å². The molecule has 0 heterocycles. The van der Waals surface area contributed by atoms with E-state index in [9.17, 15) is 22.8 Å². The molecule has 1 aromatic rings. The van der Waals surface area contributed by atoms with E-state index in [2.05, 4.69) is 4.74 Å². The standard InChI is InChI=1S/C13H12ClF3O3/c1-3-20-12(19)7(2)11(18)9-5-4-8(14)6-10(9)13(15,16)17/h4-7H,3H2,1-2H3. The minimum absolute atomic E-state index is 0.0448. The number of ketones is 1. The molecule has 3 nitrogen and oxygen atoms in total. The molecule has 0 N–H and O–H groups in total. The second-order valence-corrected chi connectivity index (χ2v) is 4.46. The largest absolute Gasteiger partial charge is 0.465 e. The van der Waals surface area contributed by atoms with Crippen LogP contribution in [0.5, 0.6) is 0 Å². The van der Waals surface area contributed by atoms with Crippen molar-refractivity contribution < 1.29 is 27.5 Å². The third-order valence-electron chi connectivity index (χ3n) is 2.59. The molecule has 1 rings (SSSR count). The maximum atomic E-state index is 12.9. The Morgan fingerprint density at radius 2 is 1.95 bits per heavy atom. The van der Waals surface area contributed by atoms with Crippen molar-refractivity contribution in [2.24, 2.45) is 5.92 Å². The molecule has 0 saturated heterocycles. The number of carbonyl (C=O) groups is 2. The molecule has 0 bridgehead atoms. The van der Waals surface area contributed by atoms with Gasteiger partial charge in [0.15, 0.2) is 5.78 Å². The first-order valence-electron chi connectivity index (χ1n) is 5.76. The SMILES string of the molecule is CCOC(=O)C(C)C(=O)c1ccc(Cl)cc1C(F)(F)F. The Kier molecular flexibility index (Phi) is 5.16. The van der Waals surface area contributed by atoms with Gasteiger partial charge >= 0.3 is 12.1 Å². The van der Waals surface area contributed by atoms with Gasteiger partial charge in [0.25, 0.3) is 0 Å². The summed E-state index contributed by atoms with van der Waals surface area (Å²) in [6, 6.07) is 2.79. The first kappa shape index (κ1) is 16.5. The molecular formula is C13H12ClF3O3. The summed E-state index contributed by atoms with van der Waals surface area (Å²) in [6.07, 6.45) is -4.73. The molecule has 0 aliphatic heterocycles. The van der Waals surface area contributed by atoms with Crippen molar-refractivity contribution in [2.45, 2.75) is 20.0 Å². The van der Waals surface area contributed by atoms with Crippen LogP contribution in [-0.4, -0.2) is 18.4 Å². The van der Waals surface area contributed by atoms with E-state index in [1.54, 1.807) is 6.92 Å². The second-order valence-electron chi connectivity index (χ2n) is 4.03. The first-order chi connectivity index (χ1) is 9.18.